The molecule has 5 aliphatic heterocycles. The molecule has 2 bridgehead atoms. The van der Waals surface area contributed by atoms with Gasteiger partial charge >= 0.3 is 0 Å². The highest BCUT2D eigenvalue weighted by atomic mass is 33.1. The van der Waals surface area contributed by atoms with E-state index < -0.39 is 22.2 Å². The molecule has 5 aliphatic rings. The third-order valence-electron chi connectivity index (χ3n) is 5.18. The van der Waals surface area contributed by atoms with E-state index in [1.807, 2.05) is 12.1 Å². The predicted molar refractivity (Wildman–Crippen MR) is 90.3 cm³/mol. The lowest BCUT2D eigenvalue weighted by Crippen LogP contribution is -2.69. The smallest absolute Gasteiger partial charge is 0.261 e. The van der Waals surface area contributed by atoms with Crippen molar-refractivity contribution in [1.29, 1.82) is 5.26 Å². The molecule has 25 heavy (non-hydrogen) atoms. The molecule has 5 heterocycles. The molecule has 4 atom stereocenters. The van der Waals surface area contributed by atoms with E-state index in [1.165, 1.54) is 26.5 Å². The van der Waals surface area contributed by atoms with Crippen LogP contribution in [0.15, 0.2) is 18.2 Å². The van der Waals surface area contributed by atoms with E-state index in [0.717, 1.165) is 5.56 Å². The van der Waals surface area contributed by atoms with Gasteiger partial charge in [-0.1, -0.05) is 27.7 Å². The van der Waals surface area contributed by atoms with Gasteiger partial charge in [-0.3, -0.25) is 9.59 Å². The molecule has 1 spiro atoms. The van der Waals surface area contributed by atoms with Crippen molar-refractivity contribution in [3.8, 4) is 17.6 Å². The third kappa shape index (κ3) is 1.79. The quantitative estimate of drug-likeness (QED) is 0.691. The fourth-order valence-corrected chi connectivity index (χ4v) is 7.48. The van der Waals surface area contributed by atoms with Crippen molar-refractivity contribution in [2.24, 2.45) is 5.92 Å². The number of likely N-dealkylation sites (N-methyl/N-ethyl adjacent to an activating group) is 1. The summed E-state index contributed by atoms with van der Waals surface area (Å²) in [5.41, 5.74) is 0.801. The third-order valence-corrected chi connectivity index (χ3v) is 8.45. The molecule has 2 amide bonds. The molecule has 0 aromatic heterocycles. The zero-order valence-electron chi connectivity index (χ0n) is 13.2. The lowest BCUT2D eigenvalue weighted by molar-refractivity contribution is -0.158. The van der Waals surface area contributed by atoms with Gasteiger partial charge in [-0.05, 0) is 17.7 Å². The van der Waals surface area contributed by atoms with E-state index in [-0.39, 0.29) is 18.6 Å². The Balaban J connectivity index is 1.64. The Labute approximate surface area is 151 Å². The molecule has 1 aromatic carbocycles. The van der Waals surface area contributed by atoms with E-state index in [9.17, 15) is 14.9 Å². The van der Waals surface area contributed by atoms with E-state index in [4.69, 9.17) is 9.47 Å². The number of carbonyl (C=O) groups excluding carboxylic acids is 2. The summed E-state index contributed by atoms with van der Waals surface area (Å²) in [6.07, 6.45) is 0.335. The molecule has 0 aliphatic carbocycles. The van der Waals surface area contributed by atoms with Gasteiger partial charge in [0.1, 0.15) is 0 Å². The normalized spacial score (nSPS) is 35.1. The van der Waals surface area contributed by atoms with Crippen molar-refractivity contribution in [3.05, 3.63) is 23.8 Å². The Morgan fingerprint density at radius 2 is 2.12 bits per heavy atom. The molecular weight excluding hydrogens is 362 g/mol. The zero-order valence-corrected chi connectivity index (χ0v) is 14.8. The van der Waals surface area contributed by atoms with Gasteiger partial charge < -0.3 is 19.3 Å². The zero-order chi connectivity index (χ0) is 17.3. The van der Waals surface area contributed by atoms with E-state index >= 15 is 0 Å². The molecule has 1 aromatic rings. The number of ether oxygens (including phenoxy) is 2. The largest absolute Gasteiger partial charge is 0.454 e. The standard InChI is InChI=1S/C16H13N3O4S2/c1-18-14-13(20)19-12(8-2-3-10-11(4-8)23-7-22-10)9(6-17)5-16(19,15(18)21)25-24-14/h2-4,9,12,14H,5,7H2,1H3/t9?,12?,14-,16-/m0/s1. The number of piperazine rings is 1. The summed E-state index contributed by atoms with van der Waals surface area (Å²) in [5.74, 6) is 0.606. The van der Waals surface area contributed by atoms with Gasteiger partial charge in [0, 0.05) is 13.5 Å². The minimum atomic E-state index is -0.993. The van der Waals surface area contributed by atoms with Crippen molar-refractivity contribution in [2.45, 2.75) is 22.7 Å². The molecule has 0 saturated carbocycles. The predicted octanol–water partition coefficient (Wildman–Crippen LogP) is 1.72. The highest BCUT2D eigenvalue weighted by molar-refractivity contribution is 8.78. The minimum absolute atomic E-state index is 0.0932. The topological polar surface area (TPSA) is 82.9 Å². The summed E-state index contributed by atoms with van der Waals surface area (Å²) in [7, 11) is 4.48. The van der Waals surface area contributed by atoms with E-state index in [2.05, 4.69) is 6.07 Å². The number of fused-ring (bicyclic) bond motifs is 3. The Morgan fingerprint density at radius 3 is 2.92 bits per heavy atom. The monoisotopic (exact) mass is 375 g/mol. The van der Waals surface area contributed by atoms with E-state index in [0.29, 0.717) is 17.9 Å². The van der Waals surface area contributed by atoms with Crippen LogP contribution in [0.4, 0.5) is 0 Å². The average molecular weight is 375 g/mol. The number of nitrogens with zero attached hydrogens (tertiary/aromatic N) is 3. The first-order chi connectivity index (χ1) is 12.1. The maximum absolute atomic E-state index is 13.0. The molecule has 0 N–H and O–H groups in total. The lowest BCUT2D eigenvalue weighted by atomic mass is 9.94. The first-order valence-corrected chi connectivity index (χ1v) is 10.0. The van der Waals surface area contributed by atoms with Crippen LogP contribution < -0.4 is 9.47 Å². The van der Waals surface area contributed by atoms with Gasteiger partial charge in [0.05, 0.1) is 18.0 Å². The SMILES string of the molecule is CN1C(=O)[C@@]23CC(C#N)C(c4ccc5c(c4)OCO5)N2C(=O)[C@@H]1SS3. The van der Waals surface area contributed by atoms with Crippen molar-refractivity contribution in [2.75, 3.05) is 13.8 Å². The lowest BCUT2D eigenvalue weighted by Gasteiger charge is -2.52. The van der Waals surface area contributed by atoms with Crippen molar-refractivity contribution >= 4 is 33.4 Å². The molecule has 7 nitrogen and oxygen atoms in total. The summed E-state index contributed by atoms with van der Waals surface area (Å²) in [6.45, 7) is 0.162. The first kappa shape index (κ1) is 15.2. The number of hydrogen-bond acceptors (Lipinski definition) is 7. The van der Waals surface area contributed by atoms with Crippen LogP contribution in [0.5, 0.6) is 11.5 Å². The Bertz CT molecular complexity index is 856. The van der Waals surface area contributed by atoms with Gasteiger partial charge in [0.15, 0.2) is 21.7 Å². The molecule has 6 rings (SSSR count). The average Bonchev–Trinajstić information content (AvgIpc) is 3.21. The number of hydrogen-bond donors (Lipinski definition) is 0. The van der Waals surface area contributed by atoms with Crippen molar-refractivity contribution in [1.82, 2.24) is 9.80 Å². The summed E-state index contributed by atoms with van der Waals surface area (Å²) < 4.78 is 10.8. The van der Waals surface area contributed by atoms with Gasteiger partial charge in [-0.15, -0.1) is 0 Å². The summed E-state index contributed by atoms with van der Waals surface area (Å²) >= 11 is 0. The maximum atomic E-state index is 13.0. The Kier molecular flexibility index (Phi) is 3.04. The molecule has 128 valence electrons. The number of amides is 2. The molecule has 9 heteroatoms. The van der Waals surface area contributed by atoms with Crippen molar-refractivity contribution < 1.29 is 19.1 Å². The van der Waals surface area contributed by atoms with E-state index in [1.54, 1.807) is 18.0 Å². The van der Waals surface area contributed by atoms with Crippen LogP contribution in [0.3, 0.4) is 0 Å². The van der Waals surface area contributed by atoms with Crippen LogP contribution in [0.1, 0.15) is 18.0 Å². The van der Waals surface area contributed by atoms with Crippen LogP contribution in [0.25, 0.3) is 0 Å². The van der Waals surface area contributed by atoms with Crippen LogP contribution in [0.2, 0.25) is 0 Å². The molecule has 2 unspecified atom stereocenters. The summed E-state index contributed by atoms with van der Waals surface area (Å²) in [6, 6.07) is 7.31. The first-order valence-electron chi connectivity index (χ1n) is 7.81. The molecule has 4 fully saturated rings. The second kappa shape index (κ2) is 4.99. The number of carbonyl (C=O) groups is 2. The number of rotatable bonds is 1. The number of benzene rings is 1. The highest BCUT2D eigenvalue weighted by Crippen LogP contribution is 2.63. The van der Waals surface area contributed by atoms with Crippen LogP contribution in [-0.4, -0.2) is 45.7 Å². The van der Waals surface area contributed by atoms with Gasteiger partial charge in [0.2, 0.25) is 6.79 Å². The minimum Gasteiger partial charge on any atom is -0.454 e. The van der Waals surface area contributed by atoms with Gasteiger partial charge in [0.25, 0.3) is 11.8 Å². The second-order valence-electron chi connectivity index (χ2n) is 6.44. The Morgan fingerprint density at radius 1 is 1.32 bits per heavy atom. The van der Waals surface area contributed by atoms with Crippen LogP contribution in [0, 0.1) is 17.2 Å². The maximum Gasteiger partial charge on any atom is 0.261 e. The fraction of sp³-hybridized carbons (Fsp3) is 0.438. The summed E-state index contributed by atoms with van der Waals surface area (Å²) in [5, 5.41) is 9.18. The highest BCUT2D eigenvalue weighted by Gasteiger charge is 2.68. The van der Waals surface area contributed by atoms with Crippen LogP contribution in [-0.2, 0) is 9.59 Å². The molecule has 4 saturated heterocycles. The van der Waals surface area contributed by atoms with Gasteiger partial charge in [-0.25, -0.2) is 0 Å². The fourth-order valence-electron chi connectivity index (χ4n) is 4.02. The molecular formula is C16H13N3O4S2. The second-order valence-corrected chi connectivity index (χ2v) is 9.00. The summed E-state index contributed by atoms with van der Waals surface area (Å²) in [4.78, 5) is 28.1. The Hall–Kier alpha value is -2.05. The molecule has 0 radical (unpaired) electrons. The van der Waals surface area contributed by atoms with Gasteiger partial charge in [-0.2, -0.15) is 5.26 Å². The van der Waals surface area contributed by atoms with Crippen molar-refractivity contribution in [3.63, 3.8) is 0 Å². The van der Waals surface area contributed by atoms with Crippen LogP contribution >= 0.6 is 21.6 Å². The number of nitriles is 1.